The molecule has 0 saturated carbocycles. The Hall–Kier alpha value is -2.19. The third-order valence-corrected chi connectivity index (χ3v) is 2.56. The molecule has 19 heavy (non-hydrogen) atoms. The number of nitrogens with zero attached hydrogens (tertiary/aromatic N) is 2. The number of aliphatic hydroxyl groups is 1. The van der Waals surface area contributed by atoms with E-state index in [1.807, 2.05) is 0 Å². The SMILES string of the molecule is O=C1NC(=S)NC(=O)C1N=Nc1cccc(CO)c1. The summed E-state index contributed by atoms with van der Waals surface area (Å²) in [5, 5.41) is 21.0. The minimum Gasteiger partial charge on any atom is -0.392 e. The number of aliphatic hydroxyl groups excluding tert-OH is 1. The average Bonchev–Trinajstić information content (AvgIpc) is 2.37. The molecule has 1 aliphatic heterocycles. The first kappa shape index (κ1) is 13.2. The minimum atomic E-state index is -1.26. The van der Waals surface area contributed by atoms with Crippen LogP contribution in [0.5, 0.6) is 0 Å². The van der Waals surface area contributed by atoms with Crippen molar-refractivity contribution in [3.63, 3.8) is 0 Å². The smallest absolute Gasteiger partial charge is 0.262 e. The van der Waals surface area contributed by atoms with Gasteiger partial charge in [0.2, 0.25) is 6.04 Å². The molecule has 3 N–H and O–H groups in total. The van der Waals surface area contributed by atoms with E-state index in [2.05, 4.69) is 33.1 Å². The zero-order chi connectivity index (χ0) is 13.8. The van der Waals surface area contributed by atoms with E-state index in [1.54, 1.807) is 24.3 Å². The van der Waals surface area contributed by atoms with Gasteiger partial charge >= 0.3 is 0 Å². The van der Waals surface area contributed by atoms with Crippen molar-refractivity contribution in [3.05, 3.63) is 29.8 Å². The number of rotatable bonds is 3. The maximum atomic E-state index is 11.5. The molecule has 98 valence electrons. The van der Waals surface area contributed by atoms with Crippen molar-refractivity contribution in [2.24, 2.45) is 10.2 Å². The van der Waals surface area contributed by atoms with Crippen LogP contribution in [0.4, 0.5) is 5.69 Å². The van der Waals surface area contributed by atoms with E-state index in [-0.39, 0.29) is 11.7 Å². The number of hydrogen-bond acceptors (Lipinski definition) is 6. The molecule has 2 rings (SSSR count). The quantitative estimate of drug-likeness (QED) is 0.416. The fourth-order valence-electron chi connectivity index (χ4n) is 1.46. The summed E-state index contributed by atoms with van der Waals surface area (Å²) < 4.78 is 0. The lowest BCUT2D eigenvalue weighted by Gasteiger charge is -2.18. The van der Waals surface area contributed by atoms with Gasteiger partial charge in [-0.1, -0.05) is 12.1 Å². The second-order valence-corrected chi connectivity index (χ2v) is 4.16. The predicted molar refractivity (Wildman–Crippen MR) is 69.6 cm³/mol. The molecule has 0 bridgehead atoms. The van der Waals surface area contributed by atoms with E-state index in [0.717, 1.165) is 0 Å². The highest BCUT2D eigenvalue weighted by molar-refractivity contribution is 7.80. The first-order valence-corrected chi connectivity index (χ1v) is 5.77. The van der Waals surface area contributed by atoms with Crippen molar-refractivity contribution in [2.45, 2.75) is 12.6 Å². The zero-order valence-corrected chi connectivity index (χ0v) is 10.5. The molecule has 7 nitrogen and oxygen atoms in total. The van der Waals surface area contributed by atoms with Crippen molar-refractivity contribution in [1.82, 2.24) is 10.6 Å². The lowest BCUT2D eigenvalue weighted by Crippen LogP contribution is -2.57. The molecule has 1 aliphatic rings. The number of amides is 2. The van der Waals surface area contributed by atoms with E-state index in [1.165, 1.54) is 0 Å². The Bertz CT molecular complexity index is 553. The highest BCUT2D eigenvalue weighted by atomic mass is 32.1. The van der Waals surface area contributed by atoms with Crippen LogP contribution in [0.15, 0.2) is 34.5 Å². The highest BCUT2D eigenvalue weighted by Crippen LogP contribution is 2.15. The minimum absolute atomic E-state index is 0.0382. The fraction of sp³-hybridized carbons (Fsp3) is 0.182. The topological polar surface area (TPSA) is 103 Å². The van der Waals surface area contributed by atoms with E-state index >= 15 is 0 Å². The predicted octanol–water partition coefficient (Wildman–Crippen LogP) is 0.162. The molecule has 0 aliphatic carbocycles. The number of nitrogens with one attached hydrogen (secondary N) is 2. The van der Waals surface area contributed by atoms with Gasteiger partial charge in [0, 0.05) is 0 Å². The summed E-state index contributed by atoms with van der Waals surface area (Å²) in [4.78, 5) is 23.0. The molecule has 0 unspecified atom stereocenters. The van der Waals surface area contributed by atoms with Crippen LogP contribution in [-0.2, 0) is 16.2 Å². The molecule has 0 spiro atoms. The van der Waals surface area contributed by atoms with Gasteiger partial charge < -0.3 is 15.7 Å². The van der Waals surface area contributed by atoms with Crippen molar-refractivity contribution in [2.75, 3.05) is 0 Å². The summed E-state index contributed by atoms with van der Waals surface area (Å²) >= 11 is 4.66. The molecule has 0 atom stereocenters. The summed E-state index contributed by atoms with van der Waals surface area (Å²) in [5.41, 5.74) is 1.11. The second-order valence-electron chi connectivity index (χ2n) is 3.75. The van der Waals surface area contributed by atoms with Gasteiger partial charge in [0.25, 0.3) is 11.8 Å². The number of carbonyl (C=O) groups is 2. The molecule has 1 aromatic carbocycles. The number of benzene rings is 1. The Morgan fingerprint density at radius 1 is 1.26 bits per heavy atom. The molecule has 1 fully saturated rings. The largest absolute Gasteiger partial charge is 0.392 e. The Morgan fingerprint density at radius 3 is 2.58 bits per heavy atom. The van der Waals surface area contributed by atoms with Gasteiger partial charge in [-0.15, -0.1) is 0 Å². The van der Waals surface area contributed by atoms with Gasteiger partial charge in [0.05, 0.1) is 12.3 Å². The maximum absolute atomic E-state index is 11.5. The van der Waals surface area contributed by atoms with Gasteiger partial charge in [-0.3, -0.25) is 9.59 Å². The molecule has 0 aromatic heterocycles. The van der Waals surface area contributed by atoms with E-state index in [9.17, 15) is 9.59 Å². The normalized spacial score (nSPS) is 16.6. The number of hydrogen-bond donors (Lipinski definition) is 3. The molecule has 1 aromatic rings. The number of azo groups is 1. The van der Waals surface area contributed by atoms with Crippen molar-refractivity contribution >= 4 is 34.8 Å². The van der Waals surface area contributed by atoms with Crippen LogP contribution >= 0.6 is 12.2 Å². The summed E-state index contributed by atoms with van der Waals surface area (Å²) in [6.07, 6.45) is 0. The standard InChI is InChI=1S/C11H10N4O3S/c16-5-6-2-1-3-7(4-6)14-15-8-9(17)12-11(19)13-10(8)18/h1-4,8,16H,5H2,(H2,12,13,17,18,19). The molecular weight excluding hydrogens is 268 g/mol. The number of thiocarbonyl (C=S) groups is 1. The monoisotopic (exact) mass is 278 g/mol. The van der Waals surface area contributed by atoms with Gasteiger partial charge in [-0.05, 0) is 29.9 Å². The molecule has 1 saturated heterocycles. The lowest BCUT2D eigenvalue weighted by molar-refractivity contribution is -0.131. The van der Waals surface area contributed by atoms with Gasteiger partial charge in [-0.25, -0.2) is 0 Å². The van der Waals surface area contributed by atoms with Gasteiger partial charge in [-0.2, -0.15) is 10.2 Å². The van der Waals surface area contributed by atoms with Crippen molar-refractivity contribution in [3.8, 4) is 0 Å². The average molecular weight is 278 g/mol. The Labute approximate surface area is 113 Å². The highest BCUT2D eigenvalue weighted by Gasteiger charge is 2.32. The van der Waals surface area contributed by atoms with Crippen LogP contribution in [0.25, 0.3) is 0 Å². The van der Waals surface area contributed by atoms with Crippen LogP contribution in [0.1, 0.15) is 5.56 Å². The molecule has 8 heteroatoms. The Morgan fingerprint density at radius 2 is 1.95 bits per heavy atom. The third-order valence-electron chi connectivity index (χ3n) is 2.35. The van der Waals surface area contributed by atoms with Crippen LogP contribution in [0.2, 0.25) is 0 Å². The number of carbonyl (C=O) groups excluding carboxylic acids is 2. The molecule has 2 amide bonds. The van der Waals surface area contributed by atoms with Gasteiger partial charge in [0.15, 0.2) is 5.11 Å². The summed E-state index contributed by atoms with van der Waals surface area (Å²) in [7, 11) is 0. The van der Waals surface area contributed by atoms with Crippen LogP contribution in [0.3, 0.4) is 0 Å². The van der Waals surface area contributed by atoms with E-state index in [4.69, 9.17) is 5.11 Å². The summed E-state index contributed by atoms with van der Waals surface area (Å²) in [5.74, 6) is -1.23. The Kier molecular flexibility index (Phi) is 3.93. The van der Waals surface area contributed by atoms with Crippen LogP contribution in [0, 0.1) is 0 Å². The summed E-state index contributed by atoms with van der Waals surface area (Å²) in [6.45, 7) is -0.123. The van der Waals surface area contributed by atoms with E-state index in [0.29, 0.717) is 11.3 Å². The van der Waals surface area contributed by atoms with Gasteiger partial charge in [0.1, 0.15) is 0 Å². The molecule has 1 heterocycles. The maximum Gasteiger partial charge on any atom is 0.262 e. The van der Waals surface area contributed by atoms with Crippen molar-refractivity contribution in [1.29, 1.82) is 0 Å². The summed E-state index contributed by atoms with van der Waals surface area (Å²) in [6, 6.07) is 5.40. The molecule has 0 radical (unpaired) electrons. The zero-order valence-electron chi connectivity index (χ0n) is 9.66. The van der Waals surface area contributed by atoms with Crippen LogP contribution in [-0.4, -0.2) is 28.1 Å². The molecular formula is C11H10N4O3S. The Balaban J connectivity index is 2.15. The van der Waals surface area contributed by atoms with E-state index < -0.39 is 17.9 Å². The first-order chi connectivity index (χ1) is 9.10. The van der Waals surface area contributed by atoms with Crippen molar-refractivity contribution < 1.29 is 14.7 Å². The lowest BCUT2D eigenvalue weighted by atomic mass is 10.2. The second kappa shape index (κ2) is 5.63. The fourth-order valence-corrected chi connectivity index (χ4v) is 1.66. The first-order valence-electron chi connectivity index (χ1n) is 5.36. The third kappa shape index (κ3) is 3.18. The van der Waals surface area contributed by atoms with Crippen LogP contribution < -0.4 is 10.6 Å².